The van der Waals surface area contributed by atoms with Crippen LogP contribution in [-0.4, -0.2) is 59.4 Å². The molecule has 0 unspecified atom stereocenters. The second kappa shape index (κ2) is 18.5. The minimum atomic E-state index is -1.07. The Morgan fingerprint density at radius 1 is 0.968 bits per heavy atom. The molecule has 0 saturated carbocycles. The molecule has 0 fully saturated rings. The quantitative estimate of drug-likeness (QED) is 0.138. The van der Waals surface area contributed by atoms with Crippen LogP contribution in [0, 0.1) is 0 Å². The van der Waals surface area contributed by atoms with Crippen LogP contribution < -0.4 is 0 Å². The Hall–Kier alpha value is -1.11. The lowest BCUT2D eigenvalue weighted by atomic mass is 10.00. The second-order valence-electron chi connectivity index (χ2n) is 9.36. The van der Waals surface area contributed by atoms with Crippen LogP contribution in [0.15, 0.2) is 12.2 Å². The Morgan fingerprint density at radius 3 is 1.90 bits per heavy atom. The number of aliphatic hydroxyl groups is 1. The summed E-state index contributed by atoms with van der Waals surface area (Å²) in [7, 11) is 1.53. The van der Waals surface area contributed by atoms with Crippen molar-refractivity contribution in [3.05, 3.63) is 12.2 Å². The molecule has 0 spiro atoms. The maximum absolute atomic E-state index is 11.8. The molecule has 0 aromatic rings. The predicted octanol–water partition coefficient (Wildman–Crippen LogP) is 6.37. The van der Waals surface area contributed by atoms with E-state index in [2.05, 4.69) is 6.92 Å². The average Bonchev–Trinajstić information content (AvgIpc) is 2.70. The molecule has 0 rings (SSSR count). The molecule has 6 heteroatoms. The number of carboxylic acid groups (broad SMARTS) is 1. The highest BCUT2D eigenvalue weighted by atomic mass is 16.7. The highest BCUT2D eigenvalue weighted by molar-refractivity contribution is 5.66. The van der Waals surface area contributed by atoms with E-state index in [9.17, 15) is 15.0 Å². The molecule has 0 aromatic carbocycles. The zero-order chi connectivity index (χ0) is 23.5. The fourth-order valence-electron chi connectivity index (χ4n) is 3.86. The van der Waals surface area contributed by atoms with Gasteiger partial charge in [-0.3, -0.25) is 4.90 Å². The Labute approximate surface area is 191 Å². The number of hydrogen-bond donors (Lipinski definition) is 2. The molecular formula is C25H49NO5. The van der Waals surface area contributed by atoms with Crippen molar-refractivity contribution in [1.82, 2.24) is 4.90 Å². The topological polar surface area (TPSA) is 79.2 Å². The number of aliphatic hydroxyl groups excluding tert-OH is 1. The highest BCUT2D eigenvalue weighted by Gasteiger charge is 2.37. The van der Waals surface area contributed by atoms with Crippen LogP contribution in [0.4, 0.5) is 4.79 Å². The first-order chi connectivity index (χ1) is 14.8. The largest absolute Gasteiger partial charge is 0.465 e. The van der Waals surface area contributed by atoms with Crippen LogP contribution in [0.3, 0.4) is 0 Å². The number of amides is 1. The van der Waals surface area contributed by atoms with Gasteiger partial charge >= 0.3 is 6.09 Å². The third kappa shape index (κ3) is 14.6. The molecule has 184 valence electrons. The van der Waals surface area contributed by atoms with E-state index in [-0.39, 0.29) is 13.4 Å². The first kappa shape index (κ1) is 29.9. The van der Waals surface area contributed by atoms with Gasteiger partial charge in [0.1, 0.15) is 12.9 Å². The van der Waals surface area contributed by atoms with Gasteiger partial charge in [0.2, 0.25) is 0 Å². The third-order valence-corrected chi connectivity index (χ3v) is 5.51. The average molecular weight is 444 g/mol. The molecule has 6 nitrogen and oxygen atoms in total. The van der Waals surface area contributed by atoms with Gasteiger partial charge in [-0.15, -0.1) is 0 Å². The van der Waals surface area contributed by atoms with E-state index in [1.807, 2.05) is 32.9 Å². The Morgan fingerprint density at radius 2 is 1.48 bits per heavy atom. The molecule has 0 saturated heterocycles. The Kier molecular flexibility index (Phi) is 17.8. The van der Waals surface area contributed by atoms with Gasteiger partial charge in [-0.05, 0) is 33.6 Å². The van der Waals surface area contributed by atoms with Gasteiger partial charge in [0.25, 0.3) is 0 Å². The van der Waals surface area contributed by atoms with E-state index in [0.717, 1.165) is 12.8 Å². The van der Waals surface area contributed by atoms with E-state index >= 15 is 0 Å². The molecule has 2 N–H and O–H groups in total. The normalized spacial score (nSPS) is 14.1. The minimum Gasteiger partial charge on any atom is -0.465 e. The number of carbonyl (C=O) groups is 1. The van der Waals surface area contributed by atoms with Gasteiger partial charge in [0.05, 0.1) is 12.6 Å². The third-order valence-electron chi connectivity index (χ3n) is 5.51. The maximum Gasteiger partial charge on any atom is 0.408 e. The second-order valence-corrected chi connectivity index (χ2v) is 9.36. The first-order valence-corrected chi connectivity index (χ1v) is 12.2. The van der Waals surface area contributed by atoms with Crippen LogP contribution >= 0.6 is 0 Å². The highest BCUT2D eigenvalue weighted by Crippen LogP contribution is 2.22. The molecule has 0 aromatic heterocycles. The molecule has 0 radical (unpaired) electrons. The van der Waals surface area contributed by atoms with Crippen LogP contribution in [0.2, 0.25) is 0 Å². The summed E-state index contributed by atoms with van der Waals surface area (Å²) in [5, 5.41) is 19.6. The number of methoxy groups -OCH3 is 1. The molecule has 0 aliphatic heterocycles. The van der Waals surface area contributed by atoms with Crippen molar-refractivity contribution in [2.45, 2.75) is 122 Å². The van der Waals surface area contributed by atoms with Crippen LogP contribution in [0.5, 0.6) is 0 Å². The zero-order valence-corrected chi connectivity index (χ0v) is 20.8. The summed E-state index contributed by atoms with van der Waals surface area (Å²) in [5.41, 5.74) is -0.655. The summed E-state index contributed by atoms with van der Waals surface area (Å²) in [6, 6.07) is -0.693. The molecule has 0 heterocycles. The summed E-state index contributed by atoms with van der Waals surface area (Å²) in [6.07, 6.45) is 17.6. The SMILES string of the molecule is CCCCCCCCCCCCCC=C[C@@H](OCOC)[C@H](CO)N(C(=O)O)C(C)(C)C. The monoisotopic (exact) mass is 443 g/mol. The number of ether oxygens (including phenoxy) is 2. The molecule has 0 aliphatic rings. The van der Waals surface area contributed by atoms with Gasteiger partial charge in [-0.2, -0.15) is 0 Å². The van der Waals surface area contributed by atoms with Gasteiger partial charge < -0.3 is 19.7 Å². The molecule has 0 aliphatic carbocycles. The van der Waals surface area contributed by atoms with Crippen molar-refractivity contribution in [1.29, 1.82) is 0 Å². The summed E-state index contributed by atoms with van der Waals surface area (Å²) in [4.78, 5) is 13.1. The molecule has 1 amide bonds. The summed E-state index contributed by atoms with van der Waals surface area (Å²) >= 11 is 0. The standard InChI is InChI=1S/C25H49NO5/c1-6-7-8-9-10-11-12-13-14-15-16-17-18-19-23(31-21-30-5)22(20-27)26(24(28)29)25(2,3)4/h18-19,22-23,27H,6-17,20-21H2,1-5H3,(H,28,29)/t22-,23+/m0/s1. The van der Waals surface area contributed by atoms with Gasteiger partial charge in [0, 0.05) is 12.6 Å². The summed E-state index contributed by atoms with van der Waals surface area (Å²) in [5.74, 6) is 0. The molecule has 0 bridgehead atoms. The van der Waals surface area contributed by atoms with Gasteiger partial charge in [-0.1, -0.05) is 83.3 Å². The summed E-state index contributed by atoms with van der Waals surface area (Å²) < 4.78 is 10.7. The van der Waals surface area contributed by atoms with Crippen molar-refractivity contribution in [2.75, 3.05) is 20.5 Å². The maximum atomic E-state index is 11.8. The number of unbranched alkanes of at least 4 members (excludes halogenated alkanes) is 11. The van der Waals surface area contributed by atoms with Crippen molar-refractivity contribution >= 4 is 6.09 Å². The smallest absolute Gasteiger partial charge is 0.408 e. The summed E-state index contributed by atoms with van der Waals surface area (Å²) in [6.45, 7) is 7.41. The number of nitrogens with zero attached hydrogens (tertiary/aromatic N) is 1. The van der Waals surface area contributed by atoms with E-state index in [1.165, 1.54) is 76.2 Å². The minimum absolute atomic E-state index is 0.0432. The van der Waals surface area contributed by atoms with Crippen molar-refractivity contribution < 1.29 is 24.5 Å². The molecule has 31 heavy (non-hydrogen) atoms. The Balaban J connectivity index is 4.38. The van der Waals surface area contributed by atoms with Crippen molar-refractivity contribution in [3.63, 3.8) is 0 Å². The van der Waals surface area contributed by atoms with E-state index in [1.54, 1.807) is 0 Å². The number of hydrogen-bond acceptors (Lipinski definition) is 4. The first-order valence-electron chi connectivity index (χ1n) is 12.2. The fraction of sp³-hybridized carbons (Fsp3) is 0.880. The molecular weight excluding hydrogens is 394 g/mol. The number of allylic oxidation sites excluding steroid dienone is 1. The van der Waals surface area contributed by atoms with Crippen LogP contribution in [0.1, 0.15) is 105 Å². The van der Waals surface area contributed by atoms with Crippen LogP contribution in [0.25, 0.3) is 0 Å². The lowest BCUT2D eigenvalue weighted by Crippen LogP contribution is -2.57. The van der Waals surface area contributed by atoms with Gasteiger partial charge in [0.15, 0.2) is 0 Å². The predicted molar refractivity (Wildman–Crippen MR) is 127 cm³/mol. The zero-order valence-electron chi connectivity index (χ0n) is 20.8. The van der Waals surface area contributed by atoms with Crippen LogP contribution in [-0.2, 0) is 9.47 Å². The lowest BCUT2D eigenvalue weighted by molar-refractivity contribution is -0.0953. The van der Waals surface area contributed by atoms with E-state index in [0.29, 0.717) is 0 Å². The molecule has 2 atom stereocenters. The number of rotatable bonds is 19. The lowest BCUT2D eigenvalue weighted by Gasteiger charge is -2.41. The van der Waals surface area contributed by atoms with E-state index in [4.69, 9.17) is 9.47 Å². The van der Waals surface area contributed by atoms with Crippen molar-refractivity contribution in [2.24, 2.45) is 0 Å². The fourth-order valence-corrected chi connectivity index (χ4v) is 3.86. The van der Waals surface area contributed by atoms with E-state index < -0.39 is 23.8 Å². The van der Waals surface area contributed by atoms with Crippen molar-refractivity contribution in [3.8, 4) is 0 Å². The van der Waals surface area contributed by atoms with Gasteiger partial charge in [-0.25, -0.2) is 4.79 Å². The Bertz CT molecular complexity index is 461.